The van der Waals surface area contributed by atoms with E-state index in [1.54, 1.807) is 17.0 Å². The van der Waals surface area contributed by atoms with E-state index in [0.29, 0.717) is 22.9 Å². The molecule has 4 rings (SSSR count). The van der Waals surface area contributed by atoms with Gasteiger partial charge in [-0.15, -0.1) is 10.2 Å². The molecule has 0 unspecified atom stereocenters. The van der Waals surface area contributed by atoms with Crippen LogP contribution in [0.2, 0.25) is 0 Å². The Hall–Kier alpha value is -3.89. The molecular formula is C26H22N4O2S. The van der Waals surface area contributed by atoms with Crippen LogP contribution in [0.1, 0.15) is 35.7 Å². The van der Waals surface area contributed by atoms with Crippen LogP contribution in [0.15, 0.2) is 93.1 Å². The number of nitriles is 1. The third kappa shape index (κ3) is 5.13. The number of carbonyl (C=O) groups excluding carboxylic acids is 1. The summed E-state index contributed by atoms with van der Waals surface area (Å²) in [4.78, 5) is 16.9. The van der Waals surface area contributed by atoms with Crippen LogP contribution in [0, 0.1) is 11.3 Å². The molecule has 1 aromatic heterocycles. The van der Waals surface area contributed by atoms with Crippen LogP contribution >= 0.6 is 11.8 Å². The second-order valence-electron chi connectivity index (χ2n) is 7.60. The summed E-state index contributed by atoms with van der Waals surface area (Å²) < 4.78 is 5.84. The molecule has 0 aliphatic rings. The average Bonchev–Trinajstić information content (AvgIpc) is 3.32. The number of benzene rings is 3. The first kappa shape index (κ1) is 22.3. The Morgan fingerprint density at radius 3 is 2.36 bits per heavy atom. The summed E-state index contributed by atoms with van der Waals surface area (Å²) in [5, 5.41) is 17.7. The molecule has 4 aromatic rings. The smallest absolute Gasteiger partial charge is 0.255 e. The van der Waals surface area contributed by atoms with Crippen LogP contribution < -0.4 is 0 Å². The van der Waals surface area contributed by atoms with Crippen molar-refractivity contribution in [1.82, 2.24) is 15.1 Å². The van der Waals surface area contributed by atoms with Crippen molar-refractivity contribution in [2.75, 3.05) is 0 Å². The monoisotopic (exact) mass is 454 g/mol. The quantitative estimate of drug-likeness (QED) is 0.350. The van der Waals surface area contributed by atoms with Gasteiger partial charge in [-0.25, -0.2) is 0 Å². The molecule has 3 aromatic carbocycles. The van der Waals surface area contributed by atoms with E-state index in [1.165, 1.54) is 11.8 Å². The van der Waals surface area contributed by atoms with Gasteiger partial charge < -0.3 is 9.32 Å². The summed E-state index contributed by atoms with van der Waals surface area (Å²) in [6.45, 7) is 4.10. The lowest BCUT2D eigenvalue weighted by atomic mass is 10.1. The van der Waals surface area contributed by atoms with Crippen molar-refractivity contribution in [2.24, 2.45) is 0 Å². The molecule has 0 fully saturated rings. The van der Waals surface area contributed by atoms with E-state index in [4.69, 9.17) is 4.42 Å². The van der Waals surface area contributed by atoms with Gasteiger partial charge in [0.1, 0.15) is 6.07 Å². The minimum atomic E-state index is -0.137. The SMILES string of the molecule is CC(C)N(Cc1nnc(-c2ccccc2)o1)C(=O)c1ccccc1Sc1ccccc1C#N. The molecule has 0 N–H and O–H groups in total. The van der Waals surface area contributed by atoms with Gasteiger partial charge in [0.2, 0.25) is 11.8 Å². The Labute approximate surface area is 196 Å². The van der Waals surface area contributed by atoms with Crippen molar-refractivity contribution in [3.05, 3.63) is 95.9 Å². The standard InChI is InChI=1S/C26H22N4O2S/c1-18(2)30(17-24-28-29-25(32-24)19-10-4-3-5-11-19)26(31)21-13-7-9-15-23(21)33-22-14-8-6-12-20(22)16-27/h3-15,18H,17H2,1-2H3. The highest BCUT2D eigenvalue weighted by Crippen LogP contribution is 2.33. The summed E-state index contributed by atoms with van der Waals surface area (Å²) in [5.74, 6) is 0.656. The van der Waals surface area contributed by atoms with Crippen molar-refractivity contribution in [2.45, 2.75) is 36.2 Å². The lowest BCUT2D eigenvalue weighted by molar-refractivity contribution is 0.0669. The highest BCUT2D eigenvalue weighted by atomic mass is 32.2. The number of nitrogens with zero attached hydrogens (tertiary/aromatic N) is 4. The van der Waals surface area contributed by atoms with Crippen LogP contribution in [0.4, 0.5) is 0 Å². The summed E-state index contributed by atoms with van der Waals surface area (Å²) in [5.41, 5.74) is 1.97. The second-order valence-corrected chi connectivity index (χ2v) is 8.68. The first-order valence-corrected chi connectivity index (χ1v) is 11.3. The second kappa shape index (κ2) is 10.2. The zero-order chi connectivity index (χ0) is 23.2. The zero-order valence-electron chi connectivity index (χ0n) is 18.3. The van der Waals surface area contributed by atoms with Gasteiger partial charge in [0, 0.05) is 21.4 Å². The predicted molar refractivity (Wildman–Crippen MR) is 126 cm³/mol. The Morgan fingerprint density at radius 2 is 1.64 bits per heavy atom. The van der Waals surface area contributed by atoms with Crippen molar-refractivity contribution >= 4 is 17.7 Å². The molecule has 0 bridgehead atoms. The first-order valence-electron chi connectivity index (χ1n) is 10.5. The van der Waals surface area contributed by atoms with E-state index < -0.39 is 0 Å². The molecule has 33 heavy (non-hydrogen) atoms. The van der Waals surface area contributed by atoms with Gasteiger partial charge in [-0.05, 0) is 50.2 Å². The topological polar surface area (TPSA) is 83.0 Å². The third-order valence-electron chi connectivity index (χ3n) is 5.02. The normalized spacial score (nSPS) is 10.7. The van der Waals surface area contributed by atoms with Gasteiger partial charge in [0.15, 0.2) is 0 Å². The summed E-state index contributed by atoms with van der Waals surface area (Å²) in [6, 6.07) is 26.4. The van der Waals surface area contributed by atoms with E-state index in [-0.39, 0.29) is 18.5 Å². The Balaban J connectivity index is 1.59. The predicted octanol–water partition coefficient (Wildman–Crippen LogP) is 5.81. The molecule has 0 saturated carbocycles. The third-order valence-corrected chi connectivity index (χ3v) is 6.17. The van der Waals surface area contributed by atoms with Gasteiger partial charge in [0.05, 0.1) is 17.7 Å². The van der Waals surface area contributed by atoms with Gasteiger partial charge >= 0.3 is 0 Å². The molecule has 1 amide bonds. The van der Waals surface area contributed by atoms with Crippen molar-refractivity contribution in [3.63, 3.8) is 0 Å². The lowest BCUT2D eigenvalue weighted by Crippen LogP contribution is -2.36. The minimum absolute atomic E-state index is 0.0889. The molecule has 0 aliphatic carbocycles. The van der Waals surface area contributed by atoms with E-state index in [1.807, 2.05) is 80.6 Å². The van der Waals surface area contributed by atoms with Crippen molar-refractivity contribution in [1.29, 1.82) is 5.26 Å². The fourth-order valence-corrected chi connectivity index (χ4v) is 4.32. The number of hydrogen-bond acceptors (Lipinski definition) is 6. The Kier molecular flexibility index (Phi) is 6.86. The van der Waals surface area contributed by atoms with Crippen LogP contribution in [0.3, 0.4) is 0 Å². The molecule has 7 heteroatoms. The molecule has 0 saturated heterocycles. The van der Waals surface area contributed by atoms with Crippen LogP contribution in [0.5, 0.6) is 0 Å². The zero-order valence-corrected chi connectivity index (χ0v) is 19.1. The molecule has 0 spiro atoms. The summed E-state index contributed by atoms with van der Waals surface area (Å²) in [6.07, 6.45) is 0. The number of aromatic nitrogens is 2. The average molecular weight is 455 g/mol. The lowest BCUT2D eigenvalue weighted by Gasteiger charge is -2.26. The number of hydrogen-bond donors (Lipinski definition) is 0. The maximum absolute atomic E-state index is 13.6. The van der Waals surface area contributed by atoms with Crippen molar-refractivity contribution in [3.8, 4) is 17.5 Å². The summed E-state index contributed by atoms with van der Waals surface area (Å²) in [7, 11) is 0. The van der Waals surface area contributed by atoms with E-state index in [2.05, 4.69) is 16.3 Å². The number of carbonyl (C=O) groups is 1. The molecule has 6 nitrogen and oxygen atoms in total. The Morgan fingerprint density at radius 1 is 0.970 bits per heavy atom. The fraction of sp³-hybridized carbons (Fsp3) is 0.154. The molecule has 0 aliphatic heterocycles. The van der Waals surface area contributed by atoms with Crippen LogP contribution in [-0.2, 0) is 6.54 Å². The van der Waals surface area contributed by atoms with Crippen LogP contribution in [0.25, 0.3) is 11.5 Å². The molecule has 0 atom stereocenters. The highest BCUT2D eigenvalue weighted by molar-refractivity contribution is 7.99. The fourth-order valence-electron chi connectivity index (χ4n) is 3.30. The first-order chi connectivity index (χ1) is 16.1. The van der Waals surface area contributed by atoms with Gasteiger partial charge in [-0.1, -0.05) is 54.2 Å². The largest absolute Gasteiger partial charge is 0.419 e. The number of amides is 1. The maximum atomic E-state index is 13.6. The van der Waals surface area contributed by atoms with E-state index in [9.17, 15) is 10.1 Å². The van der Waals surface area contributed by atoms with Gasteiger partial charge in [-0.3, -0.25) is 4.79 Å². The van der Waals surface area contributed by atoms with E-state index >= 15 is 0 Å². The van der Waals surface area contributed by atoms with Gasteiger partial charge in [0.25, 0.3) is 5.91 Å². The van der Waals surface area contributed by atoms with Crippen LogP contribution in [-0.4, -0.2) is 27.0 Å². The number of rotatable bonds is 7. The molecule has 164 valence electrons. The Bertz CT molecular complexity index is 1290. The van der Waals surface area contributed by atoms with E-state index in [0.717, 1.165) is 15.4 Å². The molecule has 1 heterocycles. The summed E-state index contributed by atoms with van der Waals surface area (Å²) >= 11 is 1.41. The highest BCUT2D eigenvalue weighted by Gasteiger charge is 2.24. The molecule has 0 radical (unpaired) electrons. The maximum Gasteiger partial charge on any atom is 0.255 e. The molecular weight excluding hydrogens is 432 g/mol. The van der Waals surface area contributed by atoms with Crippen molar-refractivity contribution < 1.29 is 9.21 Å². The minimum Gasteiger partial charge on any atom is -0.419 e. The van der Waals surface area contributed by atoms with Gasteiger partial charge in [-0.2, -0.15) is 5.26 Å².